The van der Waals surface area contributed by atoms with Gasteiger partial charge in [-0.2, -0.15) is 0 Å². The molecule has 0 aliphatic heterocycles. The van der Waals surface area contributed by atoms with Crippen LogP contribution in [0.15, 0.2) is 84.9 Å². The maximum absolute atomic E-state index is 13.1. The molecule has 0 unspecified atom stereocenters. The Balaban J connectivity index is 2.23. The third-order valence-electron chi connectivity index (χ3n) is 5.34. The molecule has 160 valence electrons. The number of methoxy groups -OCH3 is 2. The molecule has 0 radical (unpaired) electrons. The van der Waals surface area contributed by atoms with E-state index >= 15 is 0 Å². The van der Waals surface area contributed by atoms with Crippen LogP contribution in [0.25, 0.3) is 28.1 Å². The Bertz CT molecular complexity index is 1260. The first-order valence-electron chi connectivity index (χ1n) is 10.2. The van der Waals surface area contributed by atoms with Crippen LogP contribution in [0.3, 0.4) is 0 Å². The number of benzene rings is 3. The van der Waals surface area contributed by atoms with E-state index in [0.29, 0.717) is 11.3 Å². The van der Waals surface area contributed by atoms with Crippen LogP contribution in [-0.2, 0) is 9.47 Å². The number of esters is 2. The molecule has 0 bridgehead atoms. The minimum Gasteiger partial charge on any atom is -0.465 e. The van der Waals surface area contributed by atoms with Gasteiger partial charge in [-0.15, -0.1) is 0 Å². The first-order chi connectivity index (χ1) is 15.6. The lowest BCUT2D eigenvalue weighted by atomic mass is 9.97. The van der Waals surface area contributed by atoms with Crippen LogP contribution >= 0.6 is 0 Å². The van der Waals surface area contributed by atoms with E-state index in [4.69, 9.17) is 9.47 Å². The van der Waals surface area contributed by atoms with Gasteiger partial charge in [0.1, 0.15) is 11.3 Å². The van der Waals surface area contributed by atoms with Crippen LogP contribution in [0.5, 0.6) is 0 Å². The van der Waals surface area contributed by atoms with Crippen molar-refractivity contribution in [3.8, 4) is 28.1 Å². The molecule has 0 fully saturated rings. The van der Waals surface area contributed by atoms with Crippen molar-refractivity contribution < 1.29 is 19.1 Å². The molecule has 0 aliphatic carbocycles. The number of carbonyl (C=O) groups excluding carboxylic acids is 2. The summed E-state index contributed by atoms with van der Waals surface area (Å²) < 4.78 is 12.0. The van der Waals surface area contributed by atoms with Gasteiger partial charge >= 0.3 is 11.9 Å². The fourth-order valence-electron chi connectivity index (χ4n) is 3.87. The maximum Gasteiger partial charge on any atom is 0.355 e. The van der Waals surface area contributed by atoms with Gasteiger partial charge in [-0.05, 0) is 30.2 Å². The van der Waals surface area contributed by atoms with E-state index in [1.165, 1.54) is 14.2 Å². The van der Waals surface area contributed by atoms with E-state index in [1.807, 2.05) is 91.9 Å². The molecule has 32 heavy (non-hydrogen) atoms. The molecule has 0 amide bonds. The van der Waals surface area contributed by atoms with Gasteiger partial charge in [-0.1, -0.05) is 78.4 Å². The monoisotopic (exact) mass is 425 g/mol. The zero-order chi connectivity index (χ0) is 22.7. The number of nitrogens with zero attached hydrogens (tertiary/aromatic N) is 1. The predicted molar refractivity (Wildman–Crippen MR) is 124 cm³/mol. The van der Waals surface area contributed by atoms with Crippen molar-refractivity contribution in [2.24, 2.45) is 0 Å². The van der Waals surface area contributed by atoms with Gasteiger partial charge in [-0.3, -0.25) is 0 Å². The number of aromatic nitrogens is 1. The molecule has 3 aromatic carbocycles. The fraction of sp³-hybridized carbons (Fsp3) is 0.111. The van der Waals surface area contributed by atoms with Crippen LogP contribution in [-0.4, -0.2) is 30.7 Å². The summed E-state index contributed by atoms with van der Waals surface area (Å²) in [4.78, 5) is 26.2. The number of carbonyl (C=O) groups is 2. The smallest absolute Gasteiger partial charge is 0.355 e. The summed E-state index contributed by atoms with van der Waals surface area (Å²) in [6, 6.07) is 27.0. The first kappa shape index (κ1) is 21.1. The summed E-state index contributed by atoms with van der Waals surface area (Å²) in [5, 5.41) is 0. The molecule has 4 rings (SSSR count). The van der Waals surface area contributed by atoms with Gasteiger partial charge in [0.15, 0.2) is 0 Å². The van der Waals surface area contributed by atoms with E-state index in [2.05, 4.69) is 0 Å². The summed E-state index contributed by atoms with van der Waals surface area (Å²) in [7, 11) is 2.61. The highest BCUT2D eigenvalue weighted by Crippen LogP contribution is 2.42. The Kier molecular flexibility index (Phi) is 5.90. The van der Waals surface area contributed by atoms with Gasteiger partial charge in [0, 0.05) is 11.3 Å². The molecule has 0 aliphatic rings. The highest BCUT2D eigenvalue weighted by atomic mass is 16.5. The first-order valence-corrected chi connectivity index (χ1v) is 10.2. The molecule has 0 spiro atoms. The summed E-state index contributed by atoms with van der Waals surface area (Å²) in [5.74, 6) is -1.22. The lowest BCUT2D eigenvalue weighted by Crippen LogP contribution is -2.15. The maximum atomic E-state index is 13.1. The minimum absolute atomic E-state index is 0.126. The number of hydrogen-bond donors (Lipinski definition) is 0. The van der Waals surface area contributed by atoms with Crippen molar-refractivity contribution in [1.29, 1.82) is 0 Å². The second-order valence-corrected chi connectivity index (χ2v) is 7.33. The van der Waals surface area contributed by atoms with Crippen LogP contribution < -0.4 is 0 Å². The molecule has 0 N–H and O–H groups in total. The van der Waals surface area contributed by atoms with Crippen molar-refractivity contribution >= 4 is 11.9 Å². The molecule has 1 aromatic heterocycles. The Hall–Kier alpha value is -4.12. The largest absolute Gasteiger partial charge is 0.465 e. The summed E-state index contributed by atoms with van der Waals surface area (Å²) in [6.45, 7) is 1.99. The van der Waals surface area contributed by atoms with Crippen molar-refractivity contribution in [3.63, 3.8) is 0 Å². The second-order valence-electron chi connectivity index (χ2n) is 7.33. The van der Waals surface area contributed by atoms with Crippen molar-refractivity contribution in [1.82, 2.24) is 4.57 Å². The number of ether oxygens (including phenoxy) is 2. The number of rotatable bonds is 5. The molecule has 0 saturated heterocycles. The van der Waals surface area contributed by atoms with Gasteiger partial charge in [0.05, 0.1) is 19.9 Å². The molecule has 4 aromatic rings. The molecule has 0 saturated carbocycles. The zero-order valence-electron chi connectivity index (χ0n) is 18.2. The molecule has 1 heterocycles. The summed E-state index contributed by atoms with van der Waals surface area (Å²) >= 11 is 0. The Labute approximate surface area is 186 Å². The lowest BCUT2D eigenvalue weighted by Gasteiger charge is -2.14. The topological polar surface area (TPSA) is 57.5 Å². The van der Waals surface area contributed by atoms with Crippen molar-refractivity contribution in [3.05, 3.63) is 102 Å². The van der Waals surface area contributed by atoms with E-state index in [-0.39, 0.29) is 11.3 Å². The molecule has 0 atom stereocenters. The molecule has 5 nitrogen and oxygen atoms in total. The van der Waals surface area contributed by atoms with Gasteiger partial charge in [0.25, 0.3) is 0 Å². The van der Waals surface area contributed by atoms with E-state index in [9.17, 15) is 9.59 Å². The Morgan fingerprint density at radius 3 is 1.75 bits per heavy atom. The normalized spacial score (nSPS) is 10.6. The van der Waals surface area contributed by atoms with Crippen LogP contribution in [0.4, 0.5) is 0 Å². The fourth-order valence-corrected chi connectivity index (χ4v) is 3.87. The zero-order valence-corrected chi connectivity index (χ0v) is 18.2. The standard InChI is InChI=1S/C27H23NO4/c1-18-14-16-21(17-15-18)28-24(20-12-8-5-9-13-20)22(19-10-6-4-7-11-19)23(26(29)31-2)25(28)27(30)32-3/h4-17H,1-3H3. The van der Waals surface area contributed by atoms with Gasteiger partial charge in [0.2, 0.25) is 0 Å². The average Bonchev–Trinajstić information content (AvgIpc) is 3.20. The number of aryl methyl sites for hydroxylation is 1. The van der Waals surface area contributed by atoms with Crippen LogP contribution in [0.1, 0.15) is 26.4 Å². The average molecular weight is 425 g/mol. The quantitative estimate of drug-likeness (QED) is 0.385. The highest BCUT2D eigenvalue weighted by Gasteiger charge is 2.34. The van der Waals surface area contributed by atoms with E-state index < -0.39 is 11.9 Å². The summed E-state index contributed by atoms with van der Waals surface area (Å²) in [6.07, 6.45) is 0. The van der Waals surface area contributed by atoms with E-state index in [0.717, 1.165) is 22.4 Å². The van der Waals surface area contributed by atoms with Crippen LogP contribution in [0.2, 0.25) is 0 Å². The molecular weight excluding hydrogens is 402 g/mol. The third-order valence-corrected chi connectivity index (χ3v) is 5.34. The Morgan fingerprint density at radius 1 is 0.688 bits per heavy atom. The highest BCUT2D eigenvalue weighted by molar-refractivity contribution is 6.11. The van der Waals surface area contributed by atoms with Gasteiger partial charge < -0.3 is 14.0 Å². The Morgan fingerprint density at radius 2 is 1.22 bits per heavy atom. The van der Waals surface area contributed by atoms with E-state index in [1.54, 1.807) is 4.57 Å². The number of hydrogen-bond acceptors (Lipinski definition) is 4. The summed E-state index contributed by atoms with van der Waals surface area (Å²) in [5.41, 5.74) is 5.09. The predicted octanol–water partition coefficient (Wildman–Crippen LogP) is 5.69. The third kappa shape index (κ3) is 3.69. The van der Waals surface area contributed by atoms with Crippen molar-refractivity contribution in [2.75, 3.05) is 14.2 Å². The van der Waals surface area contributed by atoms with Crippen LogP contribution in [0, 0.1) is 6.92 Å². The minimum atomic E-state index is -0.620. The SMILES string of the molecule is COC(=O)c1c(-c2ccccc2)c(-c2ccccc2)n(-c2ccc(C)cc2)c1C(=O)OC. The molecular formula is C27H23NO4. The van der Waals surface area contributed by atoms with Gasteiger partial charge in [-0.25, -0.2) is 9.59 Å². The lowest BCUT2D eigenvalue weighted by molar-refractivity contribution is 0.0550. The van der Waals surface area contributed by atoms with Crippen molar-refractivity contribution in [2.45, 2.75) is 6.92 Å². The second kappa shape index (κ2) is 8.94. The molecule has 5 heteroatoms.